The highest BCUT2D eigenvalue weighted by molar-refractivity contribution is 5.89. The molecule has 82 valence electrons. The van der Waals surface area contributed by atoms with Crippen molar-refractivity contribution >= 4 is 11.8 Å². The normalized spacial score (nSPS) is 10.9. The maximum atomic E-state index is 11.5. The first-order valence-corrected chi connectivity index (χ1v) is 4.85. The Morgan fingerprint density at radius 3 is 2.21 bits per heavy atom. The molecule has 0 rings (SSSR count). The Balaban J connectivity index is 4.24. The van der Waals surface area contributed by atoms with Crippen LogP contribution in [0.1, 0.15) is 34.1 Å². The summed E-state index contributed by atoms with van der Waals surface area (Å²) in [5, 5.41) is 2.68. The maximum absolute atomic E-state index is 11.5. The lowest BCUT2D eigenvalue weighted by atomic mass is 10.0. The van der Waals surface area contributed by atoms with E-state index >= 15 is 0 Å². The number of hydrogen-bond acceptors (Lipinski definition) is 2. The van der Waals surface area contributed by atoms with Gasteiger partial charge in [-0.1, -0.05) is 6.92 Å². The van der Waals surface area contributed by atoms with Gasteiger partial charge in [-0.05, 0) is 27.2 Å². The highest BCUT2D eigenvalue weighted by atomic mass is 16.2. The van der Waals surface area contributed by atoms with Gasteiger partial charge in [0.1, 0.15) is 0 Å². The quantitative estimate of drug-likeness (QED) is 0.745. The molecule has 0 aliphatic rings. The largest absolute Gasteiger partial charge is 0.328 e. The van der Waals surface area contributed by atoms with Gasteiger partial charge in [0.15, 0.2) is 5.78 Å². The third-order valence-electron chi connectivity index (χ3n) is 2.21. The van der Waals surface area contributed by atoms with E-state index in [0.717, 1.165) is 6.42 Å². The van der Waals surface area contributed by atoms with E-state index in [4.69, 9.17) is 0 Å². The molecule has 2 amide bonds. The number of hydrogen-bond donors (Lipinski definition) is 1. The van der Waals surface area contributed by atoms with Gasteiger partial charge in [-0.3, -0.25) is 4.79 Å². The number of urea groups is 1. The molecule has 0 radical (unpaired) electrons. The van der Waals surface area contributed by atoms with Crippen molar-refractivity contribution in [3.63, 3.8) is 0 Å². The Bertz CT molecular complexity index is 224. The Hall–Kier alpha value is -1.06. The molecule has 0 heterocycles. The Labute approximate surface area is 85.7 Å². The lowest BCUT2D eigenvalue weighted by Gasteiger charge is -2.26. The molecule has 0 saturated heterocycles. The predicted molar refractivity (Wildman–Crippen MR) is 56.2 cm³/mol. The van der Waals surface area contributed by atoms with Crippen molar-refractivity contribution in [3.8, 4) is 0 Å². The number of Topliss-reactive ketones (excluding diaryl/α,β-unsaturated/α-hetero) is 1. The first-order valence-electron chi connectivity index (χ1n) is 4.85. The lowest BCUT2D eigenvalue weighted by Crippen LogP contribution is -2.52. The molecule has 1 N–H and O–H groups in total. The SMILES string of the molecule is CCCN(C)C(=O)NC(C)(C)C(C)=O. The van der Waals surface area contributed by atoms with E-state index < -0.39 is 5.54 Å². The van der Waals surface area contributed by atoms with Gasteiger partial charge in [-0.25, -0.2) is 4.79 Å². The zero-order valence-corrected chi connectivity index (χ0v) is 9.68. The van der Waals surface area contributed by atoms with Gasteiger partial charge in [-0.2, -0.15) is 0 Å². The highest BCUT2D eigenvalue weighted by Crippen LogP contribution is 2.04. The molecule has 0 aliphatic carbocycles. The van der Waals surface area contributed by atoms with Gasteiger partial charge in [0.2, 0.25) is 0 Å². The summed E-state index contributed by atoms with van der Waals surface area (Å²) < 4.78 is 0. The second-order valence-corrected chi connectivity index (χ2v) is 4.03. The van der Waals surface area contributed by atoms with Gasteiger partial charge >= 0.3 is 6.03 Å². The monoisotopic (exact) mass is 200 g/mol. The van der Waals surface area contributed by atoms with E-state index in [2.05, 4.69) is 5.32 Å². The van der Waals surface area contributed by atoms with Crippen LogP contribution < -0.4 is 5.32 Å². The van der Waals surface area contributed by atoms with Crippen molar-refractivity contribution < 1.29 is 9.59 Å². The summed E-state index contributed by atoms with van der Waals surface area (Å²) in [6.45, 7) is 7.57. The summed E-state index contributed by atoms with van der Waals surface area (Å²) in [5.41, 5.74) is -0.779. The number of amides is 2. The van der Waals surface area contributed by atoms with Gasteiger partial charge in [0, 0.05) is 13.6 Å². The molecule has 0 atom stereocenters. The van der Waals surface area contributed by atoms with E-state index in [9.17, 15) is 9.59 Å². The zero-order chi connectivity index (χ0) is 11.4. The summed E-state index contributed by atoms with van der Waals surface area (Å²) >= 11 is 0. The van der Waals surface area contributed by atoms with Crippen LogP contribution in [0.25, 0.3) is 0 Å². The van der Waals surface area contributed by atoms with Crippen LogP contribution in [-0.4, -0.2) is 35.8 Å². The minimum Gasteiger partial charge on any atom is -0.328 e. The van der Waals surface area contributed by atoms with Gasteiger partial charge in [0.25, 0.3) is 0 Å². The number of carbonyl (C=O) groups is 2. The van der Waals surface area contributed by atoms with Crippen molar-refractivity contribution in [3.05, 3.63) is 0 Å². The van der Waals surface area contributed by atoms with E-state index in [0.29, 0.717) is 6.54 Å². The van der Waals surface area contributed by atoms with E-state index in [-0.39, 0.29) is 11.8 Å². The molecular weight excluding hydrogens is 180 g/mol. The lowest BCUT2D eigenvalue weighted by molar-refractivity contribution is -0.121. The molecule has 0 fully saturated rings. The number of rotatable bonds is 4. The molecule has 0 aliphatic heterocycles. The van der Waals surface area contributed by atoms with E-state index in [1.165, 1.54) is 6.92 Å². The summed E-state index contributed by atoms with van der Waals surface area (Å²) in [5.74, 6) is -0.0456. The molecule has 0 unspecified atom stereocenters. The first-order chi connectivity index (χ1) is 6.31. The minimum atomic E-state index is -0.779. The molecular formula is C10H20N2O2. The standard InChI is InChI=1S/C10H20N2O2/c1-6-7-12(5)9(14)11-10(3,4)8(2)13/h6-7H2,1-5H3,(H,11,14). The van der Waals surface area contributed by atoms with Crippen LogP contribution in [0.3, 0.4) is 0 Å². The van der Waals surface area contributed by atoms with Crippen molar-refractivity contribution in [2.75, 3.05) is 13.6 Å². The van der Waals surface area contributed by atoms with E-state index in [1.807, 2.05) is 6.92 Å². The van der Waals surface area contributed by atoms with Crippen molar-refractivity contribution in [2.24, 2.45) is 0 Å². The van der Waals surface area contributed by atoms with Crippen molar-refractivity contribution in [1.29, 1.82) is 0 Å². The van der Waals surface area contributed by atoms with Gasteiger partial charge in [-0.15, -0.1) is 0 Å². The fourth-order valence-electron chi connectivity index (χ4n) is 0.888. The van der Waals surface area contributed by atoms with Crippen LogP contribution in [0.2, 0.25) is 0 Å². The number of nitrogens with one attached hydrogen (secondary N) is 1. The molecule has 4 nitrogen and oxygen atoms in total. The van der Waals surface area contributed by atoms with Crippen LogP contribution in [0.5, 0.6) is 0 Å². The molecule has 0 aromatic rings. The Morgan fingerprint density at radius 1 is 1.36 bits per heavy atom. The van der Waals surface area contributed by atoms with Crippen LogP contribution >= 0.6 is 0 Å². The summed E-state index contributed by atoms with van der Waals surface area (Å²) in [6.07, 6.45) is 0.907. The molecule has 4 heteroatoms. The van der Waals surface area contributed by atoms with Gasteiger partial charge in [0.05, 0.1) is 5.54 Å². The van der Waals surface area contributed by atoms with Gasteiger partial charge < -0.3 is 10.2 Å². The Kier molecular flexibility index (Phi) is 4.60. The van der Waals surface area contributed by atoms with Crippen LogP contribution in [-0.2, 0) is 4.79 Å². The maximum Gasteiger partial charge on any atom is 0.317 e. The van der Waals surface area contributed by atoms with Crippen LogP contribution in [0.15, 0.2) is 0 Å². The number of carbonyl (C=O) groups excluding carboxylic acids is 2. The van der Waals surface area contributed by atoms with Crippen LogP contribution in [0, 0.1) is 0 Å². The fourth-order valence-corrected chi connectivity index (χ4v) is 0.888. The topological polar surface area (TPSA) is 49.4 Å². The fraction of sp³-hybridized carbons (Fsp3) is 0.800. The molecule has 0 spiro atoms. The Morgan fingerprint density at radius 2 is 1.86 bits per heavy atom. The average Bonchev–Trinajstić information content (AvgIpc) is 2.03. The molecule has 0 saturated carbocycles. The molecule has 0 bridgehead atoms. The summed E-state index contributed by atoms with van der Waals surface area (Å²) in [6, 6.07) is -0.202. The average molecular weight is 200 g/mol. The predicted octanol–water partition coefficient (Wildman–Crippen LogP) is 1.41. The van der Waals surface area contributed by atoms with E-state index in [1.54, 1.807) is 25.8 Å². The highest BCUT2D eigenvalue weighted by Gasteiger charge is 2.26. The first kappa shape index (κ1) is 12.9. The number of ketones is 1. The van der Waals surface area contributed by atoms with Crippen LogP contribution in [0.4, 0.5) is 4.79 Å². The third kappa shape index (κ3) is 3.77. The zero-order valence-electron chi connectivity index (χ0n) is 9.68. The smallest absolute Gasteiger partial charge is 0.317 e. The molecule has 0 aromatic carbocycles. The van der Waals surface area contributed by atoms with Crippen molar-refractivity contribution in [1.82, 2.24) is 10.2 Å². The number of nitrogens with zero attached hydrogens (tertiary/aromatic N) is 1. The second-order valence-electron chi connectivity index (χ2n) is 4.03. The molecule has 14 heavy (non-hydrogen) atoms. The summed E-state index contributed by atoms with van der Waals surface area (Å²) in [7, 11) is 1.72. The molecule has 0 aromatic heterocycles. The third-order valence-corrected chi connectivity index (χ3v) is 2.21. The minimum absolute atomic E-state index is 0.0456. The second kappa shape index (κ2) is 4.98. The summed E-state index contributed by atoms with van der Waals surface area (Å²) in [4.78, 5) is 24.2. The van der Waals surface area contributed by atoms with Crippen molar-refractivity contribution in [2.45, 2.75) is 39.7 Å².